The van der Waals surface area contributed by atoms with Gasteiger partial charge in [0.25, 0.3) is 0 Å². The zero-order chi connectivity index (χ0) is 13.3. The van der Waals surface area contributed by atoms with Crippen molar-refractivity contribution in [3.8, 4) is 0 Å². The molecule has 0 aromatic carbocycles. The molecule has 3 nitrogen and oxygen atoms in total. The van der Waals surface area contributed by atoms with Crippen molar-refractivity contribution < 1.29 is 0 Å². The van der Waals surface area contributed by atoms with Crippen LogP contribution in [0.25, 0.3) is 0 Å². The second-order valence-electron chi connectivity index (χ2n) is 7.09. The second kappa shape index (κ2) is 5.48. The van der Waals surface area contributed by atoms with Crippen LogP contribution in [0.1, 0.15) is 47.0 Å². The first-order valence-electron chi connectivity index (χ1n) is 7.67. The van der Waals surface area contributed by atoms with Gasteiger partial charge in [-0.2, -0.15) is 0 Å². The lowest BCUT2D eigenvalue weighted by atomic mass is 9.86. The summed E-state index contributed by atoms with van der Waals surface area (Å²) in [6.07, 6.45) is 3.97. The van der Waals surface area contributed by atoms with Gasteiger partial charge < -0.3 is 5.73 Å². The number of fused-ring (bicyclic) bond motifs is 1. The number of rotatable bonds is 4. The average molecular weight is 253 g/mol. The highest BCUT2D eigenvalue weighted by Crippen LogP contribution is 2.32. The maximum atomic E-state index is 6.13. The molecule has 0 radical (unpaired) electrons. The Morgan fingerprint density at radius 1 is 1.33 bits per heavy atom. The van der Waals surface area contributed by atoms with Gasteiger partial charge in [-0.05, 0) is 45.6 Å². The Morgan fingerprint density at radius 3 is 2.67 bits per heavy atom. The van der Waals surface area contributed by atoms with Crippen molar-refractivity contribution in [3.63, 3.8) is 0 Å². The minimum Gasteiger partial charge on any atom is -0.329 e. The van der Waals surface area contributed by atoms with Gasteiger partial charge in [0.2, 0.25) is 0 Å². The molecule has 0 aliphatic carbocycles. The van der Waals surface area contributed by atoms with Crippen molar-refractivity contribution in [1.82, 2.24) is 9.80 Å². The Balaban J connectivity index is 2.09. The minimum atomic E-state index is 0.183. The van der Waals surface area contributed by atoms with E-state index < -0.39 is 0 Å². The normalized spacial score (nSPS) is 33.7. The van der Waals surface area contributed by atoms with Crippen molar-refractivity contribution in [3.05, 3.63) is 0 Å². The van der Waals surface area contributed by atoms with E-state index in [2.05, 4.69) is 37.5 Å². The topological polar surface area (TPSA) is 32.5 Å². The van der Waals surface area contributed by atoms with Crippen molar-refractivity contribution in [2.45, 2.75) is 64.6 Å². The van der Waals surface area contributed by atoms with Crippen molar-refractivity contribution in [2.75, 3.05) is 26.2 Å². The summed E-state index contributed by atoms with van der Waals surface area (Å²) in [4.78, 5) is 5.40. The lowest BCUT2D eigenvalue weighted by Crippen LogP contribution is -2.64. The van der Waals surface area contributed by atoms with E-state index in [1.165, 1.54) is 38.9 Å². The van der Waals surface area contributed by atoms with Gasteiger partial charge in [0.1, 0.15) is 0 Å². The van der Waals surface area contributed by atoms with Crippen LogP contribution in [0.3, 0.4) is 0 Å². The molecule has 2 rings (SSSR count). The van der Waals surface area contributed by atoms with Crippen LogP contribution in [0.5, 0.6) is 0 Å². The minimum absolute atomic E-state index is 0.183. The smallest absolute Gasteiger partial charge is 0.0310 e. The number of nitrogens with two attached hydrogens (primary N) is 1. The van der Waals surface area contributed by atoms with Gasteiger partial charge in [0, 0.05) is 37.3 Å². The third-order valence-corrected chi connectivity index (χ3v) is 4.92. The molecule has 3 heteroatoms. The van der Waals surface area contributed by atoms with E-state index in [1.807, 2.05) is 0 Å². The van der Waals surface area contributed by atoms with Crippen LogP contribution in [-0.2, 0) is 0 Å². The maximum Gasteiger partial charge on any atom is 0.0310 e. The third-order valence-electron chi connectivity index (χ3n) is 4.92. The van der Waals surface area contributed by atoms with E-state index in [9.17, 15) is 0 Å². The third kappa shape index (κ3) is 2.73. The van der Waals surface area contributed by atoms with Gasteiger partial charge in [-0.25, -0.2) is 0 Å². The van der Waals surface area contributed by atoms with Crippen LogP contribution in [0.4, 0.5) is 0 Å². The molecule has 2 saturated heterocycles. The van der Waals surface area contributed by atoms with Crippen molar-refractivity contribution in [2.24, 2.45) is 11.7 Å². The molecule has 2 heterocycles. The zero-order valence-corrected chi connectivity index (χ0v) is 12.7. The zero-order valence-electron chi connectivity index (χ0n) is 12.7. The number of nitrogens with zero attached hydrogens (tertiary/aromatic N) is 2. The van der Waals surface area contributed by atoms with Gasteiger partial charge in [-0.15, -0.1) is 0 Å². The van der Waals surface area contributed by atoms with Crippen LogP contribution < -0.4 is 5.73 Å². The van der Waals surface area contributed by atoms with E-state index in [-0.39, 0.29) is 5.54 Å². The summed E-state index contributed by atoms with van der Waals surface area (Å²) in [5.74, 6) is 0.715. The molecule has 0 aromatic heterocycles. The van der Waals surface area contributed by atoms with Gasteiger partial charge in [0.15, 0.2) is 0 Å². The van der Waals surface area contributed by atoms with E-state index in [1.54, 1.807) is 0 Å². The largest absolute Gasteiger partial charge is 0.329 e. The summed E-state index contributed by atoms with van der Waals surface area (Å²) in [5.41, 5.74) is 6.31. The Morgan fingerprint density at radius 2 is 2.06 bits per heavy atom. The van der Waals surface area contributed by atoms with Crippen LogP contribution in [-0.4, -0.2) is 53.6 Å². The predicted molar refractivity (Wildman–Crippen MR) is 77.7 cm³/mol. The average Bonchev–Trinajstić information content (AvgIpc) is 2.73. The van der Waals surface area contributed by atoms with Crippen molar-refractivity contribution >= 4 is 0 Å². The standard InChI is InChI=1S/C15H31N3/c1-12(2)8-15(4,11-16)18-10-14-6-5-7-17(14)9-13(18)3/h12-14H,5-11,16H2,1-4H3. The molecule has 0 amide bonds. The van der Waals surface area contributed by atoms with Crippen LogP contribution in [0.2, 0.25) is 0 Å². The fourth-order valence-corrected chi connectivity index (χ4v) is 4.14. The lowest BCUT2D eigenvalue weighted by Gasteiger charge is -2.51. The quantitative estimate of drug-likeness (QED) is 0.831. The molecule has 3 unspecified atom stereocenters. The molecule has 2 aliphatic heterocycles. The Hall–Kier alpha value is -0.120. The van der Waals surface area contributed by atoms with Gasteiger partial charge >= 0.3 is 0 Å². The first-order valence-corrected chi connectivity index (χ1v) is 7.67. The molecule has 0 aromatic rings. The molecule has 0 spiro atoms. The summed E-state index contributed by atoms with van der Waals surface area (Å²) in [6.45, 7) is 13.9. The Labute approximate surface area is 113 Å². The highest BCUT2D eigenvalue weighted by Gasteiger charge is 2.41. The molecule has 106 valence electrons. The van der Waals surface area contributed by atoms with Crippen LogP contribution >= 0.6 is 0 Å². The molecule has 18 heavy (non-hydrogen) atoms. The predicted octanol–water partition coefficient (Wildman–Crippen LogP) is 1.92. The monoisotopic (exact) mass is 253 g/mol. The molecule has 2 fully saturated rings. The van der Waals surface area contributed by atoms with Crippen molar-refractivity contribution in [1.29, 1.82) is 0 Å². The molecular formula is C15H31N3. The van der Waals surface area contributed by atoms with E-state index >= 15 is 0 Å². The summed E-state index contributed by atoms with van der Waals surface area (Å²) < 4.78 is 0. The fraction of sp³-hybridized carbons (Fsp3) is 1.00. The summed E-state index contributed by atoms with van der Waals surface area (Å²) in [5, 5.41) is 0. The molecule has 2 N–H and O–H groups in total. The SMILES string of the molecule is CC(C)CC(C)(CN)N1CC2CCCN2CC1C. The van der Waals surface area contributed by atoms with E-state index in [0.717, 1.165) is 12.6 Å². The Bertz CT molecular complexity index is 279. The van der Waals surface area contributed by atoms with Gasteiger partial charge in [-0.3, -0.25) is 9.80 Å². The summed E-state index contributed by atoms with van der Waals surface area (Å²) in [7, 11) is 0. The number of hydrogen-bond acceptors (Lipinski definition) is 3. The Kier molecular flexibility index (Phi) is 4.35. The molecule has 0 bridgehead atoms. The van der Waals surface area contributed by atoms with Crippen LogP contribution in [0.15, 0.2) is 0 Å². The maximum absolute atomic E-state index is 6.13. The number of piperazine rings is 1. The first-order chi connectivity index (χ1) is 8.46. The molecule has 0 saturated carbocycles. The molecule has 2 aliphatic rings. The van der Waals surface area contributed by atoms with Gasteiger partial charge in [-0.1, -0.05) is 13.8 Å². The highest BCUT2D eigenvalue weighted by molar-refractivity contribution is 4.99. The highest BCUT2D eigenvalue weighted by atomic mass is 15.3. The second-order valence-corrected chi connectivity index (χ2v) is 7.09. The number of hydrogen-bond donors (Lipinski definition) is 1. The summed E-state index contributed by atoms with van der Waals surface area (Å²) in [6, 6.07) is 1.44. The first kappa shape index (κ1) is 14.3. The molecule has 3 atom stereocenters. The molecular weight excluding hydrogens is 222 g/mol. The fourth-order valence-electron chi connectivity index (χ4n) is 4.14. The van der Waals surface area contributed by atoms with Gasteiger partial charge in [0.05, 0.1) is 0 Å². The van der Waals surface area contributed by atoms with E-state index in [4.69, 9.17) is 5.73 Å². The summed E-state index contributed by atoms with van der Waals surface area (Å²) >= 11 is 0. The van der Waals surface area contributed by atoms with E-state index in [0.29, 0.717) is 12.0 Å². The lowest BCUT2D eigenvalue weighted by molar-refractivity contribution is -0.0212. The van der Waals surface area contributed by atoms with Crippen LogP contribution in [0, 0.1) is 5.92 Å².